The van der Waals surface area contributed by atoms with Gasteiger partial charge in [-0.1, -0.05) is 0 Å². The summed E-state index contributed by atoms with van der Waals surface area (Å²) >= 11 is 3.46. The predicted octanol–water partition coefficient (Wildman–Crippen LogP) is 4.20. The van der Waals surface area contributed by atoms with E-state index >= 15 is 0 Å². The van der Waals surface area contributed by atoms with Crippen LogP contribution in [0.2, 0.25) is 0 Å². The van der Waals surface area contributed by atoms with Crippen molar-refractivity contribution in [3.8, 4) is 5.75 Å². The van der Waals surface area contributed by atoms with Crippen molar-refractivity contribution < 1.29 is 14.3 Å². The van der Waals surface area contributed by atoms with Gasteiger partial charge in [-0.05, 0) is 54.9 Å². The van der Waals surface area contributed by atoms with Crippen LogP contribution in [0.25, 0.3) is 10.9 Å². The second-order valence-corrected chi connectivity index (χ2v) is 6.07. The maximum absolute atomic E-state index is 12.1. The van der Waals surface area contributed by atoms with E-state index in [2.05, 4.69) is 15.9 Å². The van der Waals surface area contributed by atoms with Gasteiger partial charge in [0, 0.05) is 16.1 Å². The van der Waals surface area contributed by atoms with E-state index < -0.39 is 11.7 Å². The molecule has 0 saturated carbocycles. The molecule has 0 radical (unpaired) electrons. The number of rotatable bonds is 1. The number of benzene rings is 1. The fourth-order valence-electron chi connectivity index (χ4n) is 1.79. The van der Waals surface area contributed by atoms with Crippen molar-refractivity contribution in [1.29, 1.82) is 0 Å². The van der Waals surface area contributed by atoms with Crippen molar-refractivity contribution in [2.45, 2.75) is 26.4 Å². The molecule has 2 aromatic rings. The number of nitrogens with zero attached hydrogens (tertiary/aromatic N) is 1. The van der Waals surface area contributed by atoms with Gasteiger partial charge in [-0.2, -0.15) is 0 Å². The molecule has 1 heterocycles. The Morgan fingerprint density at radius 2 is 2.00 bits per heavy atom. The van der Waals surface area contributed by atoms with Crippen LogP contribution in [-0.2, 0) is 4.74 Å². The summed E-state index contributed by atoms with van der Waals surface area (Å²) in [6.07, 6.45) is 1.30. The van der Waals surface area contributed by atoms with Gasteiger partial charge in [0.15, 0.2) is 0 Å². The molecule has 0 fully saturated rings. The van der Waals surface area contributed by atoms with E-state index in [4.69, 9.17) is 9.47 Å². The average molecular weight is 326 g/mol. The number of fused-ring (bicyclic) bond motifs is 1. The van der Waals surface area contributed by atoms with E-state index in [0.717, 1.165) is 21.1 Å². The van der Waals surface area contributed by atoms with Crippen LogP contribution in [0.5, 0.6) is 5.75 Å². The fourth-order valence-corrected chi connectivity index (χ4v) is 2.43. The highest BCUT2D eigenvalue weighted by Gasteiger charge is 2.20. The lowest BCUT2D eigenvalue weighted by molar-refractivity contribution is 0.0544. The molecule has 0 saturated heterocycles. The van der Waals surface area contributed by atoms with Crippen LogP contribution in [0.3, 0.4) is 0 Å². The van der Waals surface area contributed by atoms with Gasteiger partial charge < -0.3 is 9.47 Å². The zero-order valence-electron chi connectivity index (χ0n) is 11.4. The number of aromatic nitrogens is 1. The van der Waals surface area contributed by atoms with Gasteiger partial charge in [0.25, 0.3) is 0 Å². The molecule has 19 heavy (non-hydrogen) atoms. The summed E-state index contributed by atoms with van der Waals surface area (Å²) in [6.45, 7) is 5.53. The van der Waals surface area contributed by atoms with Gasteiger partial charge in [0.1, 0.15) is 11.4 Å². The van der Waals surface area contributed by atoms with Gasteiger partial charge in [-0.15, -0.1) is 0 Å². The second-order valence-electron chi connectivity index (χ2n) is 5.21. The lowest BCUT2D eigenvalue weighted by atomic mass is 10.2. The first-order valence-electron chi connectivity index (χ1n) is 5.90. The van der Waals surface area contributed by atoms with Crippen molar-refractivity contribution in [2.75, 3.05) is 7.11 Å². The smallest absolute Gasteiger partial charge is 0.419 e. The van der Waals surface area contributed by atoms with Gasteiger partial charge in [0.05, 0.1) is 12.6 Å². The van der Waals surface area contributed by atoms with Crippen LogP contribution in [0, 0.1) is 0 Å². The Bertz CT molecular complexity index is 625. The molecular weight excluding hydrogens is 310 g/mol. The third-order valence-corrected chi connectivity index (χ3v) is 3.14. The Morgan fingerprint density at radius 3 is 2.58 bits per heavy atom. The molecule has 0 aliphatic heterocycles. The van der Waals surface area contributed by atoms with E-state index in [1.165, 1.54) is 4.57 Å². The highest BCUT2D eigenvalue weighted by Crippen LogP contribution is 2.30. The second kappa shape index (κ2) is 4.89. The lowest BCUT2D eigenvalue weighted by Gasteiger charge is -2.20. The minimum atomic E-state index is -0.521. The summed E-state index contributed by atoms with van der Waals surface area (Å²) in [6, 6.07) is 5.55. The summed E-state index contributed by atoms with van der Waals surface area (Å²) in [5, 5.41) is 0.914. The van der Waals surface area contributed by atoms with Crippen molar-refractivity contribution in [2.24, 2.45) is 0 Å². The minimum Gasteiger partial charge on any atom is -0.497 e. The van der Waals surface area contributed by atoms with Crippen molar-refractivity contribution in [1.82, 2.24) is 4.57 Å². The maximum Gasteiger partial charge on any atom is 0.419 e. The first-order chi connectivity index (χ1) is 8.81. The van der Waals surface area contributed by atoms with Crippen molar-refractivity contribution >= 4 is 32.9 Å². The van der Waals surface area contributed by atoms with E-state index in [1.54, 1.807) is 13.3 Å². The molecule has 4 nitrogen and oxygen atoms in total. The zero-order valence-corrected chi connectivity index (χ0v) is 12.9. The average Bonchev–Trinajstić information content (AvgIpc) is 2.70. The van der Waals surface area contributed by atoms with Gasteiger partial charge in [0.2, 0.25) is 0 Å². The SMILES string of the molecule is COc1cc(Br)c2c(ccn2C(=O)OC(C)(C)C)c1. The largest absolute Gasteiger partial charge is 0.497 e. The lowest BCUT2D eigenvalue weighted by Crippen LogP contribution is -2.26. The highest BCUT2D eigenvalue weighted by atomic mass is 79.9. The topological polar surface area (TPSA) is 40.5 Å². The normalized spacial score (nSPS) is 11.6. The summed E-state index contributed by atoms with van der Waals surface area (Å²) in [5.41, 5.74) is 0.252. The summed E-state index contributed by atoms with van der Waals surface area (Å²) in [5.74, 6) is 0.737. The van der Waals surface area contributed by atoms with Crippen LogP contribution >= 0.6 is 15.9 Å². The quantitative estimate of drug-likeness (QED) is 0.789. The Balaban J connectivity index is 2.48. The molecule has 0 spiro atoms. The van der Waals surface area contributed by atoms with Gasteiger partial charge in [-0.25, -0.2) is 4.79 Å². The van der Waals surface area contributed by atoms with Gasteiger partial charge in [-0.3, -0.25) is 4.57 Å². The first-order valence-corrected chi connectivity index (χ1v) is 6.69. The maximum atomic E-state index is 12.1. The molecule has 0 aliphatic rings. The van der Waals surface area contributed by atoms with Crippen LogP contribution in [0.15, 0.2) is 28.9 Å². The van der Waals surface area contributed by atoms with E-state index in [0.29, 0.717) is 0 Å². The number of hydrogen-bond acceptors (Lipinski definition) is 3. The van der Waals surface area contributed by atoms with Crippen LogP contribution in [0.1, 0.15) is 20.8 Å². The summed E-state index contributed by atoms with van der Waals surface area (Å²) in [7, 11) is 1.61. The molecule has 0 amide bonds. The van der Waals surface area contributed by atoms with Crippen LogP contribution < -0.4 is 4.74 Å². The summed E-state index contributed by atoms with van der Waals surface area (Å²) in [4.78, 5) is 12.1. The molecular formula is C14H16BrNO3. The molecule has 0 bridgehead atoms. The third kappa shape index (κ3) is 2.92. The van der Waals surface area contributed by atoms with Crippen LogP contribution in [0.4, 0.5) is 4.79 Å². The molecule has 1 aromatic heterocycles. The molecule has 1 aromatic carbocycles. The number of carbonyl (C=O) groups excluding carboxylic acids is 1. The molecule has 0 N–H and O–H groups in total. The Kier molecular flexibility index (Phi) is 3.58. The van der Waals surface area contributed by atoms with Crippen molar-refractivity contribution in [3.05, 3.63) is 28.9 Å². The monoisotopic (exact) mass is 325 g/mol. The van der Waals surface area contributed by atoms with Gasteiger partial charge >= 0.3 is 6.09 Å². The molecule has 2 rings (SSSR count). The molecule has 0 atom stereocenters. The standard InChI is InChI=1S/C14H16BrNO3/c1-14(2,3)19-13(17)16-6-5-9-7-10(18-4)8-11(15)12(9)16/h5-8H,1-4H3. The Labute approximate surface area is 120 Å². The molecule has 0 aliphatic carbocycles. The Morgan fingerprint density at radius 1 is 1.32 bits per heavy atom. The van der Waals surface area contributed by atoms with Crippen LogP contribution in [-0.4, -0.2) is 23.4 Å². The number of halogens is 1. The number of methoxy groups -OCH3 is 1. The van der Waals surface area contributed by atoms with E-state index in [-0.39, 0.29) is 0 Å². The fraction of sp³-hybridized carbons (Fsp3) is 0.357. The zero-order chi connectivity index (χ0) is 14.2. The third-order valence-electron chi connectivity index (χ3n) is 2.54. The Hall–Kier alpha value is -1.49. The highest BCUT2D eigenvalue weighted by molar-refractivity contribution is 9.10. The number of ether oxygens (including phenoxy) is 2. The van der Waals surface area contributed by atoms with E-state index in [1.807, 2.05) is 39.0 Å². The minimum absolute atomic E-state index is 0.395. The van der Waals surface area contributed by atoms with E-state index in [9.17, 15) is 4.79 Å². The molecule has 102 valence electrons. The predicted molar refractivity (Wildman–Crippen MR) is 77.8 cm³/mol. The number of hydrogen-bond donors (Lipinski definition) is 0. The molecule has 5 heteroatoms. The first kappa shape index (κ1) is 13.9. The van der Waals surface area contributed by atoms with Crippen molar-refractivity contribution in [3.63, 3.8) is 0 Å². The molecule has 0 unspecified atom stereocenters. The summed E-state index contributed by atoms with van der Waals surface area (Å²) < 4.78 is 12.9. The number of carbonyl (C=O) groups is 1.